The van der Waals surface area contributed by atoms with Gasteiger partial charge in [0.25, 0.3) is 5.56 Å². The number of thioether (sulfide) groups is 1. The summed E-state index contributed by atoms with van der Waals surface area (Å²) in [7, 11) is 0. The molecule has 0 aliphatic carbocycles. The van der Waals surface area contributed by atoms with E-state index in [1.54, 1.807) is 15.9 Å². The van der Waals surface area contributed by atoms with E-state index in [0.29, 0.717) is 17.1 Å². The Kier molecular flexibility index (Phi) is 6.35. The van der Waals surface area contributed by atoms with Crippen molar-refractivity contribution in [2.45, 2.75) is 56.0 Å². The van der Waals surface area contributed by atoms with Crippen LogP contribution in [-0.2, 0) is 24.2 Å². The number of aromatic nitrogens is 2. The van der Waals surface area contributed by atoms with Crippen molar-refractivity contribution in [3.8, 4) is 0 Å². The SMILES string of the molecule is CCc1cc2c(=O)n(CCc3ccccc3)c(S[C@H]3CCCCNC3=O)nc2s1. The van der Waals surface area contributed by atoms with E-state index in [-0.39, 0.29) is 16.7 Å². The highest BCUT2D eigenvalue weighted by atomic mass is 32.2. The quantitative estimate of drug-likeness (QED) is 0.604. The molecule has 1 amide bonds. The third kappa shape index (κ3) is 4.56. The highest BCUT2D eigenvalue weighted by molar-refractivity contribution is 8.00. The molecule has 1 fully saturated rings. The van der Waals surface area contributed by atoms with Crippen molar-refractivity contribution in [3.05, 3.63) is 57.2 Å². The fourth-order valence-electron chi connectivity index (χ4n) is 3.54. The monoisotopic (exact) mass is 427 g/mol. The normalized spacial score (nSPS) is 17.3. The van der Waals surface area contributed by atoms with Crippen LogP contribution in [0, 0.1) is 0 Å². The number of fused-ring (bicyclic) bond motifs is 1. The Morgan fingerprint density at radius 1 is 1.24 bits per heavy atom. The van der Waals surface area contributed by atoms with Crippen LogP contribution in [0.15, 0.2) is 46.3 Å². The van der Waals surface area contributed by atoms with Gasteiger partial charge in [-0.05, 0) is 37.3 Å². The van der Waals surface area contributed by atoms with Crippen LogP contribution in [-0.4, -0.2) is 27.3 Å². The Balaban J connectivity index is 1.71. The molecule has 7 heteroatoms. The maximum absolute atomic E-state index is 13.3. The number of hydrogen-bond donors (Lipinski definition) is 1. The van der Waals surface area contributed by atoms with E-state index in [1.807, 2.05) is 24.3 Å². The first kappa shape index (κ1) is 20.2. The van der Waals surface area contributed by atoms with Gasteiger partial charge in [-0.1, -0.05) is 55.4 Å². The Morgan fingerprint density at radius 2 is 2.07 bits per heavy atom. The molecule has 1 N–H and O–H groups in total. The second kappa shape index (κ2) is 9.13. The molecule has 29 heavy (non-hydrogen) atoms. The lowest BCUT2D eigenvalue weighted by atomic mass is 10.1. The second-order valence-corrected chi connectivity index (χ2v) is 9.55. The number of nitrogens with zero attached hydrogens (tertiary/aromatic N) is 2. The highest BCUT2D eigenvalue weighted by Gasteiger charge is 2.25. The summed E-state index contributed by atoms with van der Waals surface area (Å²) in [6, 6.07) is 12.1. The second-order valence-electron chi connectivity index (χ2n) is 7.27. The van der Waals surface area contributed by atoms with Gasteiger partial charge in [-0.2, -0.15) is 0 Å². The van der Waals surface area contributed by atoms with Gasteiger partial charge in [-0.3, -0.25) is 14.2 Å². The summed E-state index contributed by atoms with van der Waals surface area (Å²) in [6.07, 6.45) is 4.46. The van der Waals surface area contributed by atoms with Crippen LogP contribution in [0.25, 0.3) is 10.2 Å². The smallest absolute Gasteiger partial charge is 0.262 e. The summed E-state index contributed by atoms with van der Waals surface area (Å²) >= 11 is 3.02. The molecule has 1 atom stereocenters. The largest absolute Gasteiger partial charge is 0.355 e. The van der Waals surface area contributed by atoms with E-state index >= 15 is 0 Å². The first-order valence-corrected chi connectivity index (χ1v) is 11.9. The fraction of sp³-hybridized carbons (Fsp3) is 0.409. The molecule has 2 aromatic heterocycles. The summed E-state index contributed by atoms with van der Waals surface area (Å²) in [6.45, 7) is 3.37. The van der Waals surface area contributed by atoms with Crippen LogP contribution in [0.1, 0.15) is 36.6 Å². The number of thiophene rings is 1. The third-order valence-electron chi connectivity index (χ3n) is 5.21. The molecule has 3 heterocycles. The number of hydrogen-bond acceptors (Lipinski definition) is 5. The third-order valence-corrected chi connectivity index (χ3v) is 7.65. The molecule has 3 aromatic rings. The first-order valence-electron chi connectivity index (χ1n) is 10.2. The lowest BCUT2D eigenvalue weighted by Crippen LogP contribution is -2.32. The zero-order valence-corrected chi connectivity index (χ0v) is 18.2. The molecule has 1 aliphatic heterocycles. The number of rotatable bonds is 6. The Hall–Kier alpha value is -2.12. The van der Waals surface area contributed by atoms with Crippen LogP contribution in [0.2, 0.25) is 0 Å². The molecular weight excluding hydrogens is 402 g/mol. The van der Waals surface area contributed by atoms with Gasteiger partial charge in [0, 0.05) is 18.0 Å². The van der Waals surface area contributed by atoms with Gasteiger partial charge in [0.2, 0.25) is 5.91 Å². The van der Waals surface area contributed by atoms with E-state index in [0.717, 1.165) is 48.4 Å². The fourth-order valence-corrected chi connectivity index (χ4v) is 5.74. The van der Waals surface area contributed by atoms with Crippen molar-refractivity contribution in [1.29, 1.82) is 0 Å². The highest BCUT2D eigenvalue weighted by Crippen LogP contribution is 2.30. The van der Waals surface area contributed by atoms with E-state index < -0.39 is 0 Å². The lowest BCUT2D eigenvalue weighted by molar-refractivity contribution is -0.120. The van der Waals surface area contributed by atoms with Crippen molar-refractivity contribution in [1.82, 2.24) is 14.9 Å². The van der Waals surface area contributed by atoms with E-state index in [9.17, 15) is 9.59 Å². The molecule has 0 bridgehead atoms. The number of amides is 1. The average Bonchev–Trinajstić information content (AvgIpc) is 3.06. The summed E-state index contributed by atoms with van der Waals surface area (Å²) in [5.74, 6) is 0.0527. The van der Waals surface area contributed by atoms with E-state index in [2.05, 4.69) is 24.4 Å². The molecule has 0 saturated carbocycles. The predicted molar refractivity (Wildman–Crippen MR) is 120 cm³/mol. The van der Waals surface area contributed by atoms with Crippen molar-refractivity contribution in [2.24, 2.45) is 0 Å². The Bertz CT molecular complexity index is 1060. The van der Waals surface area contributed by atoms with Gasteiger partial charge in [0.05, 0.1) is 10.6 Å². The number of benzene rings is 1. The summed E-state index contributed by atoms with van der Waals surface area (Å²) in [5.41, 5.74) is 1.18. The van der Waals surface area contributed by atoms with Gasteiger partial charge in [0.1, 0.15) is 4.83 Å². The van der Waals surface area contributed by atoms with Crippen molar-refractivity contribution >= 4 is 39.2 Å². The van der Waals surface area contributed by atoms with E-state index in [1.165, 1.54) is 17.3 Å². The molecule has 1 aromatic carbocycles. The summed E-state index contributed by atoms with van der Waals surface area (Å²) < 4.78 is 1.77. The van der Waals surface area contributed by atoms with Gasteiger partial charge >= 0.3 is 0 Å². The van der Waals surface area contributed by atoms with Crippen LogP contribution >= 0.6 is 23.1 Å². The molecule has 4 rings (SSSR count). The van der Waals surface area contributed by atoms with Crippen LogP contribution < -0.4 is 10.9 Å². The van der Waals surface area contributed by atoms with Gasteiger partial charge in [0.15, 0.2) is 5.16 Å². The van der Waals surface area contributed by atoms with Crippen molar-refractivity contribution in [2.75, 3.05) is 6.54 Å². The zero-order chi connectivity index (χ0) is 20.2. The minimum Gasteiger partial charge on any atom is -0.355 e. The molecule has 0 radical (unpaired) electrons. The predicted octanol–water partition coefficient (Wildman–Crippen LogP) is 4.02. The minimum atomic E-state index is -0.199. The molecule has 1 aliphatic rings. The molecule has 1 saturated heterocycles. The number of carbonyl (C=O) groups is 1. The van der Waals surface area contributed by atoms with Crippen molar-refractivity contribution < 1.29 is 4.79 Å². The topological polar surface area (TPSA) is 64.0 Å². The Labute approximate surface area is 178 Å². The maximum Gasteiger partial charge on any atom is 0.262 e. The molecule has 5 nitrogen and oxygen atoms in total. The molecule has 0 spiro atoms. The van der Waals surface area contributed by atoms with Crippen LogP contribution in [0.4, 0.5) is 0 Å². The molecular formula is C22H25N3O2S2. The van der Waals surface area contributed by atoms with Crippen LogP contribution in [0.3, 0.4) is 0 Å². The number of carbonyl (C=O) groups excluding carboxylic acids is 1. The minimum absolute atomic E-state index is 0.00147. The number of nitrogens with one attached hydrogen (secondary N) is 1. The summed E-state index contributed by atoms with van der Waals surface area (Å²) in [4.78, 5) is 32.5. The Morgan fingerprint density at radius 3 is 2.86 bits per heavy atom. The maximum atomic E-state index is 13.3. The zero-order valence-electron chi connectivity index (χ0n) is 16.5. The van der Waals surface area contributed by atoms with Crippen LogP contribution in [0.5, 0.6) is 0 Å². The van der Waals surface area contributed by atoms with Gasteiger partial charge < -0.3 is 5.32 Å². The lowest BCUT2D eigenvalue weighted by Gasteiger charge is -2.16. The molecule has 152 valence electrons. The molecule has 0 unspecified atom stereocenters. The number of aryl methyl sites for hydroxylation is 2. The summed E-state index contributed by atoms with van der Waals surface area (Å²) in [5, 5.41) is 4.13. The average molecular weight is 428 g/mol. The first-order chi connectivity index (χ1) is 14.2. The van der Waals surface area contributed by atoms with Gasteiger partial charge in [-0.15, -0.1) is 11.3 Å². The van der Waals surface area contributed by atoms with Crippen molar-refractivity contribution in [3.63, 3.8) is 0 Å². The van der Waals surface area contributed by atoms with Gasteiger partial charge in [-0.25, -0.2) is 4.98 Å². The standard InChI is InChI=1S/C22H25N3O2S2/c1-2-16-14-17-20(28-16)24-22(29-18-10-6-7-12-23-19(18)26)25(21(17)27)13-11-15-8-4-3-5-9-15/h3-5,8-9,14,18H,2,6-7,10-13H2,1H3,(H,23,26)/t18-/m0/s1. The van der Waals surface area contributed by atoms with E-state index in [4.69, 9.17) is 4.98 Å².